The van der Waals surface area contributed by atoms with E-state index in [1.807, 2.05) is 37.8 Å². The minimum absolute atomic E-state index is 0.0176. The van der Waals surface area contributed by atoms with Gasteiger partial charge in [0, 0.05) is 19.6 Å². The number of likely N-dealkylation sites (tertiary alicyclic amines) is 1. The van der Waals surface area contributed by atoms with Crippen LogP contribution in [0.1, 0.15) is 42.4 Å². The first-order valence-electron chi connectivity index (χ1n) is 8.71. The van der Waals surface area contributed by atoms with E-state index in [1.54, 1.807) is 0 Å². The van der Waals surface area contributed by atoms with Crippen LogP contribution in [0.15, 0.2) is 17.0 Å². The number of hydrogen-bond acceptors (Lipinski definition) is 3. The van der Waals surface area contributed by atoms with Crippen LogP contribution in [0.3, 0.4) is 0 Å². The van der Waals surface area contributed by atoms with Crippen LogP contribution in [0, 0.1) is 20.8 Å². The molecule has 2 saturated heterocycles. The average Bonchev–Trinajstić information content (AvgIpc) is 3.17. The van der Waals surface area contributed by atoms with Gasteiger partial charge in [0.05, 0.1) is 4.90 Å². The monoisotopic (exact) mass is 350 g/mol. The second kappa shape index (κ2) is 6.48. The van der Waals surface area contributed by atoms with Crippen LogP contribution in [-0.4, -0.2) is 49.2 Å². The molecule has 1 atom stereocenters. The van der Waals surface area contributed by atoms with Gasteiger partial charge in [0.1, 0.15) is 6.04 Å². The summed E-state index contributed by atoms with van der Waals surface area (Å²) in [5.74, 6) is -0.0176. The molecule has 0 radical (unpaired) electrons. The highest BCUT2D eigenvalue weighted by molar-refractivity contribution is 7.89. The topological polar surface area (TPSA) is 57.7 Å². The Bertz CT molecular complexity index is 729. The summed E-state index contributed by atoms with van der Waals surface area (Å²) in [6, 6.07) is 3.26. The van der Waals surface area contributed by atoms with Crippen LogP contribution in [-0.2, 0) is 14.8 Å². The number of nitrogens with zero attached hydrogens (tertiary/aromatic N) is 2. The Morgan fingerprint density at radius 2 is 1.58 bits per heavy atom. The molecular weight excluding hydrogens is 324 g/mol. The van der Waals surface area contributed by atoms with Crippen molar-refractivity contribution in [2.75, 3.05) is 19.6 Å². The van der Waals surface area contributed by atoms with Gasteiger partial charge in [0.25, 0.3) is 0 Å². The average molecular weight is 350 g/mol. The summed E-state index contributed by atoms with van der Waals surface area (Å²) in [5, 5.41) is 0. The van der Waals surface area contributed by atoms with Crippen LogP contribution in [0.5, 0.6) is 0 Å². The summed E-state index contributed by atoms with van der Waals surface area (Å²) in [5.41, 5.74) is 2.56. The Morgan fingerprint density at radius 3 is 2.17 bits per heavy atom. The molecule has 0 spiro atoms. The number of carbonyl (C=O) groups is 1. The van der Waals surface area contributed by atoms with Crippen molar-refractivity contribution in [2.24, 2.45) is 0 Å². The molecule has 0 N–H and O–H groups in total. The van der Waals surface area contributed by atoms with Crippen molar-refractivity contribution in [2.45, 2.75) is 57.4 Å². The lowest BCUT2D eigenvalue weighted by Crippen LogP contribution is -2.47. The van der Waals surface area contributed by atoms with Crippen LogP contribution >= 0.6 is 0 Å². The molecule has 0 aromatic heterocycles. The zero-order valence-corrected chi connectivity index (χ0v) is 15.5. The molecule has 132 valence electrons. The molecule has 1 aromatic carbocycles. The maximum Gasteiger partial charge on any atom is 0.244 e. The Balaban J connectivity index is 1.95. The molecule has 1 amide bonds. The molecule has 2 aliphatic rings. The van der Waals surface area contributed by atoms with Crippen molar-refractivity contribution in [1.29, 1.82) is 0 Å². The third-order valence-corrected chi connectivity index (χ3v) is 7.29. The minimum Gasteiger partial charge on any atom is -0.341 e. The van der Waals surface area contributed by atoms with Gasteiger partial charge in [-0.25, -0.2) is 8.42 Å². The van der Waals surface area contributed by atoms with E-state index in [0.717, 1.165) is 49.0 Å². The standard InChI is InChI=1S/C18H26N2O3S/c1-13-11-14(2)17(15(3)12-13)24(22,23)20-10-6-7-16(20)18(21)19-8-4-5-9-19/h11-12,16H,4-10H2,1-3H3. The van der Waals surface area contributed by atoms with E-state index in [-0.39, 0.29) is 5.91 Å². The highest BCUT2D eigenvalue weighted by Gasteiger charge is 2.42. The minimum atomic E-state index is -3.65. The summed E-state index contributed by atoms with van der Waals surface area (Å²) in [4.78, 5) is 15.0. The third kappa shape index (κ3) is 2.97. The molecule has 1 aromatic rings. The maximum atomic E-state index is 13.3. The Kier molecular flexibility index (Phi) is 4.71. The number of benzene rings is 1. The zero-order chi connectivity index (χ0) is 17.5. The number of aryl methyl sites for hydroxylation is 3. The summed E-state index contributed by atoms with van der Waals surface area (Å²) in [6.07, 6.45) is 3.40. The number of amides is 1. The molecule has 2 aliphatic heterocycles. The molecule has 0 bridgehead atoms. The van der Waals surface area contributed by atoms with Crippen molar-refractivity contribution < 1.29 is 13.2 Å². The number of rotatable bonds is 3. The van der Waals surface area contributed by atoms with Gasteiger partial charge in [0.15, 0.2) is 0 Å². The van der Waals surface area contributed by atoms with Gasteiger partial charge in [-0.3, -0.25) is 4.79 Å². The van der Waals surface area contributed by atoms with Gasteiger partial charge < -0.3 is 4.90 Å². The second-order valence-corrected chi connectivity index (χ2v) is 8.86. The van der Waals surface area contributed by atoms with E-state index in [9.17, 15) is 13.2 Å². The zero-order valence-electron chi connectivity index (χ0n) is 14.7. The molecular formula is C18H26N2O3S. The lowest BCUT2D eigenvalue weighted by atomic mass is 10.1. The smallest absolute Gasteiger partial charge is 0.244 e. The van der Waals surface area contributed by atoms with Gasteiger partial charge >= 0.3 is 0 Å². The molecule has 24 heavy (non-hydrogen) atoms. The van der Waals surface area contributed by atoms with Crippen LogP contribution < -0.4 is 0 Å². The molecule has 3 rings (SSSR count). The molecule has 2 heterocycles. The number of sulfonamides is 1. The van der Waals surface area contributed by atoms with Crippen LogP contribution in [0.2, 0.25) is 0 Å². The second-order valence-electron chi connectivity index (χ2n) is 7.03. The molecule has 0 aliphatic carbocycles. The Labute approximate surface area is 144 Å². The highest BCUT2D eigenvalue weighted by atomic mass is 32.2. The Morgan fingerprint density at radius 1 is 1.00 bits per heavy atom. The number of hydrogen-bond donors (Lipinski definition) is 0. The van der Waals surface area contributed by atoms with Gasteiger partial charge in [0.2, 0.25) is 15.9 Å². The quantitative estimate of drug-likeness (QED) is 0.841. The molecule has 6 heteroatoms. The molecule has 5 nitrogen and oxygen atoms in total. The van der Waals surface area contributed by atoms with E-state index in [2.05, 4.69) is 0 Å². The fourth-order valence-electron chi connectivity index (χ4n) is 4.11. The van der Waals surface area contributed by atoms with Gasteiger partial charge in [-0.1, -0.05) is 17.7 Å². The fourth-order valence-corrected chi connectivity index (χ4v) is 6.18. The van der Waals surface area contributed by atoms with E-state index in [4.69, 9.17) is 0 Å². The molecule has 0 saturated carbocycles. The SMILES string of the molecule is Cc1cc(C)c(S(=O)(=O)N2CCCC2C(=O)N2CCCC2)c(C)c1. The van der Waals surface area contributed by atoms with Gasteiger partial charge in [-0.2, -0.15) is 4.31 Å². The first-order chi connectivity index (χ1) is 11.3. The highest BCUT2D eigenvalue weighted by Crippen LogP contribution is 2.31. The van der Waals surface area contributed by atoms with E-state index < -0.39 is 16.1 Å². The van der Waals surface area contributed by atoms with Crippen molar-refractivity contribution in [1.82, 2.24) is 9.21 Å². The van der Waals surface area contributed by atoms with Crippen molar-refractivity contribution >= 4 is 15.9 Å². The first kappa shape index (κ1) is 17.4. The predicted molar refractivity (Wildman–Crippen MR) is 93.4 cm³/mol. The normalized spacial score (nSPS) is 22.3. The van der Waals surface area contributed by atoms with Crippen molar-refractivity contribution in [3.05, 3.63) is 28.8 Å². The van der Waals surface area contributed by atoms with Crippen molar-refractivity contribution in [3.8, 4) is 0 Å². The van der Waals surface area contributed by atoms with Crippen LogP contribution in [0.4, 0.5) is 0 Å². The predicted octanol–water partition coefficient (Wildman–Crippen LogP) is 2.39. The largest absolute Gasteiger partial charge is 0.341 e. The summed E-state index contributed by atoms with van der Waals surface area (Å²) >= 11 is 0. The fraction of sp³-hybridized carbons (Fsp3) is 0.611. The molecule has 1 unspecified atom stereocenters. The number of carbonyl (C=O) groups excluding carboxylic acids is 1. The lowest BCUT2D eigenvalue weighted by molar-refractivity contribution is -0.133. The van der Waals surface area contributed by atoms with Gasteiger partial charge in [-0.05, 0) is 57.6 Å². The first-order valence-corrected chi connectivity index (χ1v) is 10.1. The third-order valence-electron chi connectivity index (χ3n) is 5.08. The summed E-state index contributed by atoms with van der Waals surface area (Å²) in [7, 11) is -3.65. The summed E-state index contributed by atoms with van der Waals surface area (Å²) in [6.45, 7) is 7.57. The lowest BCUT2D eigenvalue weighted by Gasteiger charge is -2.28. The van der Waals surface area contributed by atoms with E-state index >= 15 is 0 Å². The van der Waals surface area contributed by atoms with E-state index in [0.29, 0.717) is 17.9 Å². The van der Waals surface area contributed by atoms with Crippen LogP contribution in [0.25, 0.3) is 0 Å². The van der Waals surface area contributed by atoms with Crippen molar-refractivity contribution in [3.63, 3.8) is 0 Å². The maximum absolute atomic E-state index is 13.3. The van der Waals surface area contributed by atoms with Gasteiger partial charge in [-0.15, -0.1) is 0 Å². The van der Waals surface area contributed by atoms with E-state index in [1.165, 1.54) is 4.31 Å². The Hall–Kier alpha value is -1.40. The summed E-state index contributed by atoms with van der Waals surface area (Å²) < 4.78 is 28.0. The molecule has 2 fully saturated rings.